The third kappa shape index (κ3) is 1.69. The van der Waals surface area contributed by atoms with Crippen LogP contribution in [0.1, 0.15) is 33.1 Å². The molecule has 5 rings (SSSR count). The molecule has 2 aliphatic heterocycles. The van der Waals surface area contributed by atoms with Crippen molar-refractivity contribution < 1.29 is 28.7 Å². The van der Waals surface area contributed by atoms with Crippen molar-refractivity contribution in [1.29, 1.82) is 0 Å². The maximum Gasteiger partial charge on any atom is 0.261 e. The number of carbonyl (C=O) groups excluding carboxylic acids is 3. The summed E-state index contributed by atoms with van der Waals surface area (Å²) in [6.07, 6.45) is 4.13. The summed E-state index contributed by atoms with van der Waals surface area (Å²) in [6, 6.07) is -0.856. The van der Waals surface area contributed by atoms with Gasteiger partial charge in [0.25, 0.3) is 11.7 Å². The zero-order valence-electron chi connectivity index (χ0n) is 14.9. The first kappa shape index (κ1) is 16.9. The fourth-order valence-electron chi connectivity index (χ4n) is 5.33. The van der Waals surface area contributed by atoms with Gasteiger partial charge >= 0.3 is 0 Å². The van der Waals surface area contributed by atoms with Crippen LogP contribution >= 0.6 is 0 Å². The van der Waals surface area contributed by atoms with Gasteiger partial charge in [0.15, 0.2) is 6.10 Å². The largest absolute Gasteiger partial charge is 0.345 e. The summed E-state index contributed by atoms with van der Waals surface area (Å²) in [5.74, 6) is -2.19. The molecule has 5 aliphatic rings. The number of carbonyl (C=O) groups is 3. The molecule has 1 saturated heterocycles. The van der Waals surface area contributed by atoms with Crippen molar-refractivity contribution in [2.75, 3.05) is 14.2 Å². The Morgan fingerprint density at radius 3 is 2.44 bits per heavy atom. The molecule has 25 heavy (non-hydrogen) atoms. The molecule has 2 heterocycles. The smallest absolute Gasteiger partial charge is 0.261 e. The van der Waals surface area contributed by atoms with E-state index >= 15 is 0 Å². The quantitative estimate of drug-likeness (QED) is 0.430. The van der Waals surface area contributed by atoms with Gasteiger partial charge in [0.2, 0.25) is 5.78 Å². The number of hydrogen-bond donors (Lipinski definition) is 0. The lowest BCUT2D eigenvalue weighted by Gasteiger charge is -2.51. The molecule has 7 nitrogen and oxygen atoms in total. The van der Waals surface area contributed by atoms with E-state index in [2.05, 4.69) is 0 Å². The molecular weight excluding hydrogens is 326 g/mol. The molecule has 0 spiro atoms. The molecule has 0 aromatic rings. The van der Waals surface area contributed by atoms with Gasteiger partial charge in [-0.2, -0.15) is 0 Å². The van der Waals surface area contributed by atoms with Gasteiger partial charge in [0, 0.05) is 20.6 Å². The molecule has 3 aliphatic carbocycles. The van der Waals surface area contributed by atoms with E-state index in [1.807, 2.05) is 13.8 Å². The van der Waals surface area contributed by atoms with Gasteiger partial charge in [-0.3, -0.25) is 19.2 Å². The number of hydrogen-bond acceptors (Lipinski definition) is 6. The van der Waals surface area contributed by atoms with Gasteiger partial charge in [-0.25, -0.2) is 5.06 Å². The van der Waals surface area contributed by atoms with Gasteiger partial charge in [0.1, 0.15) is 17.2 Å². The predicted molar refractivity (Wildman–Crippen MR) is 85.0 cm³/mol. The Kier molecular flexibility index (Phi) is 3.37. The number of Topliss-reactive ketones (excluding diaryl/α,β-unsaturated/α-hetero) is 2. The number of fused-ring (bicyclic) bond motifs is 4. The average molecular weight is 349 g/mol. The van der Waals surface area contributed by atoms with Gasteiger partial charge in [-0.15, -0.1) is 0 Å². The summed E-state index contributed by atoms with van der Waals surface area (Å²) < 4.78 is 10.8. The van der Waals surface area contributed by atoms with Crippen molar-refractivity contribution in [2.24, 2.45) is 16.7 Å². The number of ketones is 2. The third-order valence-corrected chi connectivity index (χ3v) is 7.01. The van der Waals surface area contributed by atoms with E-state index in [1.165, 1.54) is 14.2 Å². The van der Waals surface area contributed by atoms with Crippen LogP contribution in [0.5, 0.6) is 0 Å². The van der Waals surface area contributed by atoms with Gasteiger partial charge in [-0.05, 0) is 30.3 Å². The lowest BCUT2D eigenvalue weighted by Crippen LogP contribution is -2.72. The van der Waals surface area contributed by atoms with Crippen LogP contribution in [0.4, 0.5) is 0 Å². The molecule has 7 heteroatoms. The van der Waals surface area contributed by atoms with E-state index in [1.54, 1.807) is 12.2 Å². The summed E-state index contributed by atoms with van der Waals surface area (Å²) in [5, 5.41) is 1.16. The minimum absolute atomic E-state index is 0.0282. The Bertz CT molecular complexity index is 694. The van der Waals surface area contributed by atoms with Crippen molar-refractivity contribution in [1.82, 2.24) is 5.06 Å². The van der Waals surface area contributed by atoms with Crippen LogP contribution in [0.2, 0.25) is 0 Å². The molecule has 4 bridgehead atoms. The third-order valence-electron chi connectivity index (χ3n) is 7.01. The summed E-state index contributed by atoms with van der Waals surface area (Å²) >= 11 is 0. The van der Waals surface area contributed by atoms with Crippen LogP contribution in [0.25, 0.3) is 0 Å². The van der Waals surface area contributed by atoms with Crippen molar-refractivity contribution in [3.8, 4) is 0 Å². The Morgan fingerprint density at radius 1 is 1.24 bits per heavy atom. The topological polar surface area (TPSA) is 82.1 Å². The summed E-state index contributed by atoms with van der Waals surface area (Å²) in [6.45, 7) is 3.97. The summed E-state index contributed by atoms with van der Waals surface area (Å²) in [5.41, 5.74) is -1.53. The highest BCUT2D eigenvalue weighted by atomic mass is 16.7. The van der Waals surface area contributed by atoms with E-state index in [-0.39, 0.29) is 23.4 Å². The predicted octanol–water partition coefficient (Wildman–Crippen LogP) is 1.02. The molecule has 0 unspecified atom stereocenters. The molecule has 136 valence electrons. The number of hydroxylamine groups is 2. The van der Waals surface area contributed by atoms with Gasteiger partial charge in [-0.1, -0.05) is 19.9 Å². The lowest BCUT2D eigenvalue weighted by molar-refractivity contribution is -0.313. The Balaban J connectivity index is 1.76. The fraction of sp³-hybridized carbons (Fsp3) is 0.722. The van der Waals surface area contributed by atoms with Crippen LogP contribution in [0.15, 0.2) is 12.2 Å². The highest BCUT2D eigenvalue weighted by Gasteiger charge is 2.71. The van der Waals surface area contributed by atoms with Gasteiger partial charge < -0.3 is 9.47 Å². The molecule has 3 fully saturated rings. The monoisotopic (exact) mass is 349 g/mol. The normalized spacial score (nSPS) is 40.2. The van der Waals surface area contributed by atoms with Crippen molar-refractivity contribution >= 4 is 17.5 Å². The van der Waals surface area contributed by atoms with Crippen molar-refractivity contribution in [3.63, 3.8) is 0 Å². The first-order valence-electron chi connectivity index (χ1n) is 8.63. The van der Waals surface area contributed by atoms with E-state index in [0.717, 1.165) is 11.5 Å². The molecule has 0 aromatic carbocycles. The number of ether oxygens (including phenoxy) is 2. The van der Waals surface area contributed by atoms with Crippen molar-refractivity contribution in [2.45, 2.75) is 51.0 Å². The summed E-state index contributed by atoms with van der Waals surface area (Å²) in [7, 11) is 2.74. The molecular formula is C18H23NO6. The Labute approximate surface area is 146 Å². The summed E-state index contributed by atoms with van der Waals surface area (Å²) in [4.78, 5) is 44.6. The second-order valence-corrected chi connectivity index (χ2v) is 7.92. The van der Waals surface area contributed by atoms with Gasteiger partial charge in [0.05, 0.1) is 0 Å². The molecule has 4 atom stereocenters. The van der Waals surface area contributed by atoms with Crippen LogP contribution in [0, 0.1) is 16.7 Å². The highest BCUT2D eigenvalue weighted by Crippen LogP contribution is 2.65. The number of nitrogens with zero attached hydrogens (tertiary/aromatic N) is 1. The standard InChI is InChI=1S/C18H23NO6/c1-16(2)10-7-8-17(16,13(20)9-10)15(22)19-12-6-5-11(25-19)14(21)18(12,23-3)24-4/h5-6,10-12H,7-9H2,1-4H3/t10-,11-,12+,17+/m1/s1. The lowest BCUT2D eigenvalue weighted by atomic mass is 9.67. The van der Waals surface area contributed by atoms with Crippen LogP contribution < -0.4 is 0 Å². The van der Waals surface area contributed by atoms with Crippen LogP contribution in [0.3, 0.4) is 0 Å². The number of rotatable bonds is 3. The SMILES string of the molecule is COC1(OC)C(=O)[C@H]2C=C[C@@H]1N(C(=O)[C@]13CC[C@H](CC1=O)C3(C)C)O2. The molecule has 0 radical (unpaired) electrons. The number of amides is 1. The maximum atomic E-state index is 13.5. The van der Waals surface area contributed by atoms with E-state index < -0.39 is 28.8 Å². The highest BCUT2D eigenvalue weighted by molar-refractivity contribution is 6.10. The van der Waals surface area contributed by atoms with Crippen molar-refractivity contribution in [3.05, 3.63) is 12.2 Å². The first-order valence-corrected chi connectivity index (χ1v) is 8.63. The molecule has 2 saturated carbocycles. The average Bonchev–Trinajstić information content (AvgIpc) is 2.97. The second kappa shape index (κ2) is 4.99. The Hall–Kier alpha value is -1.57. The minimum Gasteiger partial charge on any atom is -0.345 e. The Morgan fingerprint density at radius 2 is 1.92 bits per heavy atom. The molecule has 0 aromatic heterocycles. The van der Waals surface area contributed by atoms with E-state index in [9.17, 15) is 14.4 Å². The second-order valence-electron chi connectivity index (χ2n) is 7.92. The zero-order chi connectivity index (χ0) is 18.2. The van der Waals surface area contributed by atoms with E-state index in [4.69, 9.17) is 14.3 Å². The van der Waals surface area contributed by atoms with Crippen LogP contribution in [-0.2, 0) is 28.7 Å². The fourth-order valence-corrected chi connectivity index (χ4v) is 5.33. The minimum atomic E-state index is -1.60. The number of methoxy groups -OCH3 is 2. The molecule has 0 N–H and O–H groups in total. The molecule has 1 amide bonds. The van der Waals surface area contributed by atoms with E-state index in [0.29, 0.717) is 12.8 Å². The first-order chi connectivity index (χ1) is 11.8. The van der Waals surface area contributed by atoms with Crippen LogP contribution in [-0.4, -0.2) is 54.7 Å². The maximum absolute atomic E-state index is 13.5. The zero-order valence-corrected chi connectivity index (χ0v) is 14.9.